The van der Waals surface area contributed by atoms with Crippen LogP contribution in [0.3, 0.4) is 0 Å². The van der Waals surface area contributed by atoms with E-state index < -0.39 is 6.61 Å². The fourth-order valence-electron chi connectivity index (χ4n) is 1.73. The first-order chi connectivity index (χ1) is 7.81. The first-order valence-corrected chi connectivity index (χ1v) is 5.21. The Morgan fingerprint density at radius 2 is 2.25 bits per heavy atom. The number of para-hydroxylation sites is 1. The Kier molecular flexibility index (Phi) is 3.22. The third-order valence-electron chi connectivity index (χ3n) is 2.53. The van der Waals surface area contributed by atoms with Gasteiger partial charge in [-0.2, -0.15) is 0 Å². The topological polar surface area (TPSA) is 61.4 Å². The van der Waals surface area contributed by atoms with Crippen LogP contribution in [0.4, 0.5) is 5.69 Å². The van der Waals surface area contributed by atoms with E-state index in [1.165, 1.54) is 0 Å². The van der Waals surface area contributed by atoms with E-state index in [-0.39, 0.29) is 5.91 Å². The molecule has 0 atom stereocenters. The van der Waals surface area contributed by atoms with Crippen molar-refractivity contribution in [3.63, 3.8) is 0 Å². The number of anilines is 1. The SMILES string of the molecule is O=C(CO)NCC1=CCNc2ccccc21. The van der Waals surface area contributed by atoms with Crippen molar-refractivity contribution in [3.05, 3.63) is 35.9 Å². The number of nitrogens with one attached hydrogen (secondary N) is 2. The number of amides is 1. The smallest absolute Gasteiger partial charge is 0.245 e. The summed E-state index contributed by atoms with van der Waals surface area (Å²) in [7, 11) is 0. The molecule has 1 aromatic rings. The molecule has 1 aromatic carbocycles. The van der Waals surface area contributed by atoms with Gasteiger partial charge in [0, 0.05) is 24.3 Å². The first kappa shape index (κ1) is 10.7. The van der Waals surface area contributed by atoms with Gasteiger partial charge in [0.25, 0.3) is 0 Å². The third-order valence-corrected chi connectivity index (χ3v) is 2.53. The van der Waals surface area contributed by atoms with Gasteiger partial charge in [0.1, 0.15) is 6.61 Å². The molecule has 4 heteroatoms. The van der Waals surface area contributed by atoms with Crippen LogP contribution >= 0.6 is 0 Å². The van der Waals surface area contributed by atoms with Crippen molar-refractivity contribution in [3.8, 4) is 0 Å². The molecule has 16 heavy (non-hydrogen) atoms. The average Bonchev–Trinajstić information content (AvgIpc) is 2.35. The van der Waals surface area contributed by atoms with Crippen LogP contribution in [0.1, 0.15) is 5.56 Å². The number of aliphatic hydroxyl groups is 1. The van der Waals surface area contributed by atoms with Crippen LogP contribution in [0.15, 0.2) is 30.3 Å². The maximum absolute atomic E-state index is 11.0. The Balaban J connectivity index is 2.11. The minimum Gasteiger partial charge on any atom is -0.387 e. The lowest BCUT2D eigenvalue weighted by molar-refractivity contribution is -0.123. The predicted octanol–water partition coefficient (Wildman–Crippen LogP) is 0.604. The van der Waals surface area contributed by atoms with Crippen LogP contribution in [0.25, 0.3) is 5.57 Å². The van der Waals surface area contributed by atoms with Crippen molar-refractivity contribution in [2.24, 2.45) is 0 Å². The highest BCUT2D eigenvalue weighted by atomic mass is 16.3. The van der Waals surface area contributed by atoms with Crippen LogP contribution in [0.5, 0.6) is 0 Å². The van der Waals surface area contributed by atoms with E-state index in [0.29, 0.717) is 6.54 Å². The molecule has 0 spiro atoms. The van der Waals surface area contributed by atoms with Gasteiger partial charge in [-0.15, -0.1) is 0 Å². The lowest BCUT2D eigenvalue weighted by Crippen LogP contribution is -2.28. The summed E-state index contributed by atoms with van der Waals surface area (Å²) in [6, 6.07) is 7.96. The Labute approximate surface area is 94.0 Å². The van der Waals surface area contributed by atoms with E-state index in [1.54, 1.807) is 0 Å². The van der Waals surface area contributed by atoms with Gasteiger partial charge in [-0.1, -0.05) is 24.3 Å². The number of fused-ring (bicyclic) bond motifs is 1. The highest BCUT2D eigenvalue weighted by Gasteiger charge is 2.11. The standard InChI is InChI=1S/C12H14N2O2/c15-8-12(16)14-7-9-5-6-13-11-4-2-1-3-10(9)11/h1-5,13,15H,6-8H2,(H,14,16). The highest BCUT2D eigenvalue weighted by molar-refractivity contribution is 5.84. The number of hydrogen-bond acceptors (Lipinski definition) is 3. The van der Waals surface area contributed by atoms with Crippen molar-refractivity contribution < 1.29 is 9.90 Å². The number of carbonyl (C=O) groups is 1. The molecule has 1 amide bonds. The van der Waals surface area contributed by atoms with E-state index >= 15 is 0 Å². The van der Waals surface area contributed by atoms with E-state index in [0.717, 1.165) is 23.4 Å². The molecule has 4 nitrogen and oxygen atoms in total. The lowest BCUT2D eigenvalue weighted by atomic mass is 10.0. The molecule has 0 aromatic heterocycles. The Bertz CT molecular complexity index is 427. The number of hydrogen-bond donors (Lipinski definition) is 3. The van der Waals surface area contributed by atoms with E-state index in [9.17, 15) is 4.79 Å². The molecule has 3 N–H and O–H groups in total. The normalized spacial score (nSPS) is 13.4. The van der Waals surface area contributed by atoms with Gasteiger partial charge in [-0.05, 0) is 11.6 Å². The molecule has 0 saturated heterocycles. The minimum absolute atomic E-state index is 0.350. The summed E-state index contributed by atoms with van der Waals surface area (Å²) in [4.78, 5) is 11.0. The molecule has 84 valence electrons. The second kappa shape index (κ2) is 4.81. The van der Waals surface area contributed by atoms with Gasteiger partial charge in [-0.3, -0.25) is 4.79 Å². The quantitative estimate of drug-likeness (QED) is 0.696. The Morgan fingerprint density at radius 3 is 3.06 bits per heavy atom. The zero-order valence-corrected chi connectivity index (χ0v) is 8.86. The molecule has 0 radical (unpaired) electrons. The van der Waals surface area contributed by atoms with E-state index in [2.05, 4.69) is 10.6 Å². The molecule has 1 heterocycles. The molecule has 1 aliphatic rings. The highest BCUT2D eigenvalue weighted by Crippen LogP contribution is 2.26. The lowest BCUT2D eigenvalue weighted by Gasteiger charge is -2.19. The molecule has 2 rings (SSSR count). The van der Waals surface area contributed by atoms with Crippen molar-refractivity contribution in [1.29, 1.82) is 0 Å². The number of benzene rings is 1. The maximum atomic E-state index is 11.0. The largest absolute Gasteiger partial charge is 0.387 e. The van der Waals surface area contributed by atoms with E-state index in [4.69, 9.17) is 5.11 Å². The van der Waals surface area contributed by atoms with Gasteiger partial charge in [0.2, 0.25) is 5.91 Å². The molecular weight excluding hydrogens is 204 g/mol. The molecule has 0 aliphatic carbocycles. The van der Waals surface area contributed by atoms with Gasteiger partial charge < -0.3 is 15.7 Å². The second-order valence-corrected chi connectivity index (χ2v) is 3.59. The fraction of sp³-hybridized carbons (Fsp3) is 0.250. The summed E-state index contributed by atoms with van der Waals surface area (Å²) in [5.74, 6) is -0.350. The second-order valence-electron chi connectivity index (χ2n) is 3.59. The van der Waals surface area contributed by atoms with Gasteiger partial charge in [0.15, 0.2) is 0 Å². The average molecular weight is 218 g/mol. The molecule has 1 aliphatic heterocycles. The summed E-state index contributed by atoms with van der Waals surface area (Å²) in [5, 5.41) is 14.5. The van der Waals surface area contributed by atoms with Crippen molar-refractivity contribution in [2.75, 3.05) is 25.0 Å². The number of aliphatic hydroxyl groups excluding tert-OH is 1. The molecule has 0 fully saturated rings. The monoisotopic (exact) mass is 218 g/mol. The Morgan fingerprint density at radius 1 is 1.44 bits per heavy atom. The summed E-state index contributed by atoms with van der Waals surface area (Å²) in [5.41, 5.74) is 3.27. The molecular formula is C12H14N2O2. The van der Waals surface area contributed by atoms with Crippen molar-refractivity contribution >= 4 is 17.2 Å². The van der Waals surface area contributed by atoms with E-state index in [1.807, 2.05) is 30.3 Å². The summed E-state index contributed by atoms with van der Waals surface area (Å²) in [6.07, 6.45) is 2.04. The zero-order valence-electron chi connectivity index (χ0n) is 8.86. The summed E-state index contributed by atoms with van der Waals surface area (Å²) >= 11 is 0. The van der Waals surface area contributed by atoms with Crippen LogP contribution in [0, 0.1) is 0 Å². The van der Waals surface area contributed by atoms with Crippen molar-refractivity contribution in [2.45, 2.75) is 0 Å². The van der Waals surface area contributed by atoms with Crippen LogP contribution in [0.2, 0.25) is 0 Å². The summed E-state index contributed by atoms with van der Waals surface area (Å²) < 4.78 is 0. The third kappa shape index (κ3) is 2.23. The van der Waals surface area contributed by atoms with Crippen LogP contribution in [-0.4, -0.2) is 30.7 Å². The first-order valence-electron chi connectivity index (χ1n) is 5.21. The minimum atomic E-state index is -0.465. The Hall–Kier alpha value is -1.81. The predicted molar refractivity (Wildman–Crippen MR) is 63.0 cm³/mol. The molecule has 0 bridgehead atoms. The maximum Gasteiger partial charge on any atom is 0.245 e. The van der Waals surface area contributed by atoms with Crippen LogP contribution in [-0.2, 0) is 4.79 Å². The van der Waals surface area contributed by atoms with Gasteiger partial charge in [-0.25, -0.2) is 0 Å². The van der Waals surface area contributed by atoms with Crippen LogP contribution < -0.4 is 10.6 Å². The molecule has 0 saturated carbocycles. The number of rotatable bonds is 3. The van der Waals surface area contributed by atoms with Crippen molar-refractivity contribution in [1.82, 2.24) is 5.32 Å². The fourth-order valence-corrected chi connectivity index (χ4v) is 1.73. The van der Waals surface area contributed by atoms with Gasteiger partial charge in [0.05, 0.1) is 0 Å². The number of carbonyl (C=O) groups excluding carboxylic acids is 1. The zero-order chi connectivity index (χ0) is 11.4. The summed E-state index contributed by atoms with van der Waals surface area (Å²) in [6.45, 7) is 0.757. The van der Waals surface area contributed by atoms with Gasteiger partial charge >= 0.3 is 0 Å². The molecule has 0 unspecified atom stereocenters.